The highest BCUT2D eigenvalue weighted by molar-refractivity contribution is 9.10. The van der Waals surface area contributed by atoms with Crippen LogP contribution < -0.4 is 0 Å². The molecule has 1 aliphatic rings. The second-order valence-electron chi connectivity index (χ2n) is 5.36. The van der Waals surface area contributed by atoms with Crippen LogP contribution in [0.5, 0.6) is 0 Å². The highest BCUT2D eigenvalue weighted by atomic mass is 79.9. The smallest absolute Gasteiger partial charge is 0.340 e. The molecule has 0 fully saturated rings. The van der Waals surface area contributed by atoms with Crippen LogP contribution in [0.1, 0.15) is 18.9 Å². The number of allylic oxidation sites excluding steroid dienone is 1. The Morgan fingerprint density at radius 1 is 1.25 bits per heavy atom. The molecule has 1 aliphatic heterocycles. The number of methoxy groups -OCH3 is 2. The van der Waals surface area contributed by atoms with Gasteiger partial charge >= 0.3 is 5.97 Å². The quantitative estimate of drug-likeness (QED) is 0.423. The molecule has 0 atom stereocenters. The Bertz CT molecular complexity index is 691. The van der Waals surface area contributed by atoms with E-state index in [1.54, 1.807) is 25.0 Å². The molecule has 0 saturated carbocycles. The first-order valence-corrected chi connectivity index (χ1v) is 8.36. The third-order valence-corrected chi connectivity index (χ3v) is 4.34. The maximum absolute atomic E-state index is 12.8. The summed E-state index contributed by atoms with van der Waals surface area (Å²) in [5.41, 5.74) is 2.14. The lowest BCUT2D eigenvalue weighted by Gasteiger charge is -2.17. The van der Waals surface area contributed by atoms with Gasteiger partial charge in [0.25, 0.3) is 5.91 Å². The van der Waals surface area contributed by atoms with Crippen molar-refractivity contribution in [3.05, 3.63) is 51.1 Å². The van der Waals surface area contributed by atoms with E-state index in [-0.39, 0.29) is 5.91 Å². The molecule has 0 radical (unpaired) electrons. The molecular formula is C18H20BrNO4. The summed E-state index contributed by atoms with van der Waals surface area (Å²) in [6.07, 6.45) is 2.42. The summed E-state index contributed by atoms with van der Waals surface area (Å²) in [5.74, 6) is -0.689. The largest absolute Gasteiger partial charge is 0.465 e. The molecule has 0 N–H and O–H groups in total. The van der Waals surface area contributed by atoms with Crippen LogP contribution in [0.4, 0.5) is 0 Å². The Morgan fingerprint density at radius 2 is 1.92 bits per heavy atom. The van der Waals surface area contributed by atoms with Gasteiger partial charge in [-0.3, -0.25) is 4.79 Å². The lowest BCUT2D eigenvalue weighted by atomic mass is 10.0. The number of hydrogen-bond donors (Lipinski definition) is 0. The number of ether oxygens (including phenoxy) is 2. The van der Waals surface area contributed by atoms with Gasteiger partial charge in [0.1, 0.15) is 0 Å². The fourth-order valence-electron chi connectivity index (χ4n) is 2.59. The molecule has 1 aromatic carbocycles. The predicted molar refractivity (Wildman–Crippen MR) is 95.0 cm³/mol. The summed E-state index contributed by atoms with van der Waals surface area (Å²) in [6.45, 7) is 2.81. The first-order chi connectivity index (χ1) is 11.5. The van der Waals surface area contributed by atoms with Gasteiger partial charge in [-0.25, -0.2) is 4.79 Å². The molecular weight excluding hydrogens is 374 g/mol. The second-order valence-corrected chi connectivity index (χ2v) is 6.28. The zero-order chi connectivity index (χ0) is 17.7. The highest BCUT2D eigenvalue weighted by Gasteiger charge is 2.36. The van der Waals surface area contributed by atoms with Crippen LogP contribution in [0.3, 0.4) is 0 Å². The Morgan fingerprint density at radius 3 is 2.50 bits per heavy atom. The summed E-state index contributed by atoms with van der Waals surface area (Å²) in [4.78, 5) is 26.5. The van der Waals surface area contributed by atoms with Crippen LogP contribution in [0.2, 0.25) is 0 Å². The number of hydrogen-bond acceptors (Lipinski definition) is 4. The van der Waals surface area contributed by atoms with Crippen LogP contribution in [-0.4, -0.2) is 44.1 Å². The molecule has 0 saturated heterocycles. The van der Waals surface area contributed by atoms with Gasteiger partial charge in [0.2, 0.25) is 0 Å². The molecule has 1 aromatic rings. The van der Waals surface area contributed by atoms with E-state index in [9.17, 15) is 9.59 Å². The summed E-state index contributed by atoms with van der Waals surface area (Å²) < 4.78 is 10.8. The first-order valence-electron chi connectivity index (χ1n) is 7.57. The molecule has 1 amide bonds. The van der Waals surface area contributed by atoms with Gasteiger partial charge in [-0.05, 0) is 37.1 Å². The van der Waals surface area contributed by atoms with Crippen LogP contribution in [0.15, 0.2) is 45.6 Å². The average molecular weight is 394 g/mol. The van der Waals surface area contributed by atoms with Gasteiger partial charge in [0.15, 0.2) is 0 Å². The van der Waals surface area contributed by atoms with E-state index < -0.39 is 5.97 Å². The first kappa shape index (κ1) is 18.4. The highest BCUT2D eigenvalue weighted by Crippen LogP contribution is 2.31. The number of carbonyl (C=O) groups is 2. The van der Waals surface area contributed by atoms with Crippen molar-refractivity contribution < 1.29 is 19.1 Å². The van der Waals surface area contributed by atoms with E-state index >= 15 is 0 Å². The Hall–Kier alpha value is -1.92. The van der Waals surface area contributed by atoms with Crippen molar-refractivity contribution in [3.63, 3.8) is 0 Å². The zero-order valence-corrected chi connectivity index (χ0v) is 15.6. The maximum Gasteiger partial charge on any atom is 0.340 e. The number of rotatable bonds is 6. The number of halogens is 1. The van der Waals surface area contributed by atoms with Crippen LogP contribution in [0, 0.1) is 0 Å². The number of carbonyl (C=O) groups excluding carboxylic acids is 2. The average Bonchev–Trinajstić information content (AvgIpc) is 2.80. The van der Waals surface area contributed by atoms with E-state index in [0.29, 0.717) is 36.4 Å². The van der Waals surface area contributed by atoms with Gasteiger partial charge in [-0.2, -0.15) is 0 Å². The Kier molecular flexibility index (Phi) is 6.34. The molecule has 0 unspecified atom stereocenters. The number of benzene rings is 1. The van der Waals surface area contributed by atoms with Gasteiger partial charge in [0.05, 0.1) is 18.3 Å². The lowest BCUT2D eigenvalue weighted by molar-refractivity contribution is -0.136. The summed E-state index contributed by atoms with van der Waals surface area (Å²) in [6, 6.07) is 7.53. The monoisotopic (exact) mass is 393 g/mol. The number of nitrogens with zero attached hydrogens (tertiary/aromatic N) is 1. The standard InChI is InChI=1S/C18H20BrNO4/c1-12-16(18(22)24-3)15(11-13-5-7-14(19)8-6-13)17(21)20(12)9-4-10-23-2/h5-8,11H,4,9-10H2,1-3H3/b15-11-. The minimum absolute atomic E-state index is 0.188. The maximum atomic E-state index is 12.8. The normalized spacial score (nSPS) is 16.2. The SMILES string of the molecule is COCCCN1C(=O)/C(=C\c2ccc(Br)cc2)C(C(=O)OC)=C1C. The van der Waals surface area contributed by atoms with Crippen LogP contribution in [0.25, 0.3) is 6.08 Å². The topological polar surface area (TPSA) is 55.8 Å². The summed E-state index contributed by atoms with van der Waals surface area (Å²) in [7, 11) is 2.94. The zero-order valence-electron chi connectivity index (χ0n) is 14.0. The van der Waals surface area contributed by atoms with Crippen molar-refractivity contribution in [1.29, 1.82) is 0 Å². The van der Waals surface area contributed by atoms with E-state index in [1.807, 2.05) is 24.3 Å². The molecule has 5 nitrogen and oxygen atoms in total. The molecule has 2 rings (SSSR count). The van der Waals surface area contributed by atoms with Crippen molar-refractivity contribution in [2.24, 2.45) is 0 Å². The summed E-state index contributed by atoms with van der Waals surface area (Å²) >= 11 is 3.38. The van der Waals surface area contributed by atoms with Gasteiger partial charge in [0, 0.05) is 30.4 Å². The van der Waals surface area contributed by atoms with Crippen molar-refractivity contribution in [2.45, 2.75) is 13.3 Å². The molecule has 0 aliphatic carbocycles. The minimum atomic E-state index is -0.501. The van der Waals surface area contributed by atoms with Crippen LogP contribution >= 0.6 is 15.9 Å². The van der Waals surface area contributed by atoms with E-state index in [4.69, 9.17) is 9.47 Å². The van der Waals surface area contributed by atoms with E-state index in [0.717, 1.165) is 10.0 Å². The van der Waals surface area contributed by atoms with Crippen molar-refractivity contribution in [2.75, 3.05) is 27.4 Å². The Balaban J connectivity index is 2.39. The number of amides is 1. The van der Waals surface area contributed by atoms with E-state index in [1.165, 1.54) is 7.11 Å². The number of esters is 1. The van der Waals surface area contributed by atoms with Gasteiger partial charge in [-0.15, -0.1) is 0 Å². The van der Waals surface area contributed by atoms with Crippen molar-refractivity contribution in [1.82, 2.24) is 4.90 Å². The molecule has 0 bridgehead atoms. The molecule has 6 heteroatoms. The molecule has 0 spiro atoms. The molecule has 1 heterocycles. The summed E-state index contributed by atoms with van der Waals surface area (Å²) in [5, 5.41) is 0. The fourth-order valence-corrected chi connectivity index (χ4v) is 2.85. The molecule has 24 heavy (non-hydrogen) atoms. The van der Waals surface area contributed by atoms with Crippen LogP contribution in [-0.2, 0) is 19.1 Å². The Labute approximate surface area is 150 Å². The van der Waals surface area contributed by atoms with Crippen molar-refractivity contribution >= 4 is 33.9 Å². The molecule has 0 aromatic heterocycles. The lowest BCUT2D eigenvalue weighted by Crippen LogP contribution is -2.26. The van der Waals surface area contributed by atoms with E-state index in [2.05, 4.69) is 15.9 Å². The van der Waals surface area contributed by atoms with Gasteiger partial charge in [-0.1, -0.05) is 28.1 Å². The van der Waals surface area contributed by atoms with Crippen molar-refractivity contribution in [3.8, 4) is 0 Å². The minimum Gasteiger partial charge on any atom is -0.465 e. The third-order valence-electron chi connectivity index (χ3n) is 3.81. The third kappa shape index (κ3) is 3.94. The van der Waals surface area contributed by atoms with Gasteiger partial charge < -0.3 is 14.4 Å². The molecule has 128 valence electrons. The second kappa shape index (κ2) is 8.26. The fraction of sp³-hybridized carbons (Fsp3) is 0.333. The predicted octanol–water partition coefficient (Wildman–Crippen LogP) is 3.16.